The van der Waals surface area contributed by atoms with Gasteiger partial charge in [0.15, 0.2) is 9.84 Å². The average Bonchev–Trinajstić information content (AvgIpc) is 2.65. The summed E-state index contributed by atoms with van der Waals surface area (Å²) < 4.78 is 26.1. The highest BCUT2D eigenvalue weighted by atomic mass is 32.2. The van der Waals surface area contributed by atoms with E-state index in [1.165, 1.54) is 4.68 Å². The normalized spacial score (nSPS) is 15.6. The molecule has 0 fully saturated rings. The van der Waals surface area contributed by atoms with Crippen molar-refractivity contribution in [1.82, 2.24) is 19.7 Å². The summed E-state index contributed by atoms with van der Waals surface area (Å²) >= 11 is 0. The van der Waals surface area contributed by atoms with Crippen LogP contribution < -0.4 is 11.0 Å². The predicted molar refractivity (Wildman–Crippen MR) is 67.1 cm³/mol. The third kappa shape index (κ3) is 2.81. The summed E-state index contributed by atoms with van der Waals surface area (Å²) in [7, 11) is -3.07. The minimum atomic E-state index is -3.07. The molecule has 1 aromatic heterocycles. The molecule has 2 heterocycles. The van der Waals surface area contributed by atoms with Gasteiger partial charge in [0.2, 0.25) is 0 Å². The second-order valence-electron chi connectivity index (χ2n) is 4.40. The van der Waals surface area contributed by atoms with Gasteiger partial charge in [-0.2, -0.15) is 5.10 Å². The van der Waals surface area contributed by atoms with Gasteiger partial charge in [-0.25, -0.2) is 17.9 Å². The molecular weight excluding hydrogens is 256 g/mol. The monoisotopic (exact) mass is 274 g/mol. The van der Waals surface area contributed by atoms with Crippen LogP contribution in [0.2, 0.25) is 0 Å². The Bertz CT molecular complexity index is 572. The lowest BCUT2D eigenvalue weighted by atomic mass is 10.4. The molecular formula is C10H18N4O3S. The number of hydrogen-bond acceptors (Lipinski definition) is 5. The molecule has 1 aliphatic rings. The molecule has 0 spiro atoms. The van der Waals surface area contributed by atoms with Crippen LogP contribution in [-0.4, -0.2) is 40.8 Å². The fraction of sp³-hybridized carbons (Fsp3) is 0.800. The number of nitrogens with one attached hydrogen (secondary N) is 1. The molecule has 0 bridgehead atoms. The highest BCUT2D eigenvalue weighted by Crippen LogP contribution is 1.99. The molecule has 0 saturated carbocycles. The SMILES string of the molecule is CCCS(=O)(=O)CCn1nc2n(c1=O)CCNC2. The number of aryl methyl sites for hydroxylation is 1. The Balaban J connectivity index is 2.11. The Morgan fingerprint density at radius 3 is 2.83 bits per heavy atom. The molecule has 1 aliphatic heterocycles. The number of nitrogens with zero attached hydrogens (tertiary/aromatic N) is 3. The lowest BCUT2D eigenvalue weighted by molar-refractivity contribution is 0.497. The largest absolute Gasteiger partial charge is 0.346 e. The Labute approximate surface area is 106 Å². The van der Waals surface area contributed by atoms with Crippen molar-refractivity contribution >= 4 is 9.84 Å². The van der Waals surface area contributed by atoms with Gasteiger partial charge in [0.25, 0.3) is 0 Å². The van der Waals surface area contributed by atoms with Crippen molar-refractivity contribution in [3.63, 3.8) is 0 Å². The third-order valence-corrected chi connectivity index (χ3v) is 4.76. The second-order valence-corrected chi connectivity index (χ2v) is 6.71. The highest BCUT2D eigenvalue weighted by molar-refractivity contribution is 7.91. The van der Waals surface area contributed by atoms with Crippen molar-refractivity contribution in [2.24, 2.45) is 0 Å². The summed E-state index contributed by atoms with van der Waals surface area (Å²) in [5, 5.41) is 7.27. The second kappa shape index (κ2) is 5.23. The van der Waals surface area contributed by atoms with E-state index in [1.807, 2.05) is 6.92 Å². The van der Waals surface area contributed by atoms with E-state index < -0.39 is 9.84 Å². The number of hydrogen-bond donors (Lipinski definition) is 1. The first-order valence-corrected chi connectivity index (χ1v) is 7.93. The molecule has 0 aromatic carbocycles. The maximum atomic E-state index is 11.9. The molecule has 18 heavy (non-hydrogen) atoms. The maximum absolute atomic E-state index is 11.9. The fourth-order valence-corrected chi connectivity index (χ4v) is 3.29. The topological polar surface area (TPSA) is 86.0 Å². The fourth-order valence-electron chi connectivity index (χ4n) is 2.02. The van der Waals surface area contributed by atoms with E-state index in [9.17, 15) is 13.2 Å². The zero-order valence-electron chi connectivity index (χ0n) is 10.4. The zero-order valence-corrected chi connectivity index (χ0v) is 11.2. The average molecular weight is 274 g/mol. The first kappa shape index (κ1) is 13.3. The molecule has 0 atom stereocenters. The molecule has 2 rings (SSSR count). The molecule has 0 aliphatic carbocycles. The van der Waals surface area contributed by atoms with Gasteiger partial charge in [-0.3, -0.25) is 4.57 Å². The predicted octanol–water partition coefficient (Wildman–Crippen LogP) is -1.03. The molecule has 102 valence electrons. The Morgan fingerprint density at radius 1 is 1.39 bits per heavy atom. The first-order valence-electron chi connectivity index (χ1n) is 6.11. The van der Waals surface area contributed by atoms with Gasteiger partial charge >= 0.3 is 5.69 Å². The van der Waals surface area contributed by atoms with Crippen LogP contribution in [-0.2, 0) is 29.5 Å². The smallest absolute Gasteiger partial charge is 0.308 e. The molecule has 0 unspecified atom stereocenters. The zero-order chi connectivity index (χ0) is 13.2. The quantitative estimate of drug-likeness (QED) is 0.742. The summed E-state index contributed by atoms with van der Waals surface area (Å²) in [6.07, 6.45) is 0.598. The summed E-state index contributed by atoms with van der Waals surface area (Å²) in [5.41, 5.74) is -0.210. The van der Waals surface area contributed by atoms with E-state index in [1.54, 1.807) is 4.57 Å². The van der Waals surface area contributed by atoms with Gasteiger partial charge in [-0.1, -0.05) is 6.92 Å². The van der Waals surface area contributed by atoms with E-state index in [4.69, 9.17) is 0 Å². The molecule has 0 radical (unpaired) electrons. The van der Waals surface area contributed by atoms with Crippen LogP contribution in [0.1, 0.15) is 19.2 Å². The Hall–Kier alpha value is -1.15. The van der Waals surface area contributed by atoms with E-state index in [0.29, 0.717) is 25.3 Å². The summed E-state index contributed by atoms with van der Waals surface area (Å²) in [6, 6.07) is 0. The van der Waals surface area contributed by atoms with Crippen molar-refractivity contribution in [2.45, 2.75) is 33.0 Å². The first-order chi connectivity index (χ1) is 8.53. The van der Waals surface area contributed by atoms with Gasteiger partial charge in [0, 0.05) is 18.8 Å². The van der Waals surface area contributed by atoms with Gasteiger partial charge < -0.3 is 5.32 Å². The van der Waals surface area contributed by atoms with Crippen LogP contribution in [0.3, 0.4) is 0 Å². The summed E-state index contributed by atoms with van der Waals surface area (Å²) in [6.45, 7) is 3.86. The van der Waals surface area contributed by atoms with Crippen LogP contribution in [0.5, 0.6) is 0 Å². The van der Waals surface area contributed by atoms with Crippen LogP contribution >= 0.6 is 0 Å². The van der Waals surface area contributed by atoms with Gasteiger partial charge in [0.05, 0.1) is 18.8 Å². The van der Waals surface area contributed by atoms with E-state index >= 15 is 0 Å². The van der Waals surface area contributed by atoms with Crippen molar-refractivity contribution in [2.75, 3.05) is 18.1 Å². The molecule has 1 N–H and O–H groups in total. The third-order valence-electron chi connectivity index (χ3n) is 2.92. The summed E-state index contributed by atoms with van der Waals surface area (Å²) in [5.74, 6) is 0.820. The lowest BCUT2D eigenvalue weighted by Gasteiger charge is -2.11. The minimum Gasteiger partial charge on any atom is -0.308 e. The van der Waals surface area contributed by atoms with Crippen LogP contribution in [0.4, 0.5) is 0 Å². The van der Waals surface area contributed by atoms with Crippen LogP contribution in [0, 0.1) is 0 Å². The van der Waals surface area contributed by atoms with Crippen molar-refractivity contribution < 1.29 is 8.42 Å². The highest BCUT2D eigenvalue weighted by Gasteiger charge is 2.17. The van der Waals surface area contributed by atoms with Gasteiger partial charge in [0.1, 0.15) is 5.82 Å². The lowest BCUT2D eigenvalue weighted by Crippen LogP contribution is -2.34. The molecule has 0 saturated heterocycles. The maximum Gasteiger partial charge on any atom is 0.346 e. The van der Waals surface area contributed by atoms with E-state index in [0.717, 1.165) is 6.54 Å². The van der Waals surface area contributed by atoms with Crippen molar-refractivity contribution in [1.29, 1.82) is 0 Å². The molecule has 0 amide bonds. The number of sulfone groups is 1. The van der Waals surface area contributed by atoms with Gasteiger partial charge in [-0.15, -0.1) is 0 Å². The molecule has 1 aromatic rings. The van der Waals surface area contributed by atoms with Crippen LogP contribution in [0.25, 0.3) is 0 Å². The number of rotatable bonds is 5. The molecule has 8 heteroatoms. The number of aromatic nitrogens is 3. The van der Waals surface area contributed by atoms with Crippen molar-refractivity contribution in [3.05, 3.63) is 16.3 Å². The van der Waals surface area contributed by atoms with E-state index in [-0.39, 0.29) is 23.7 Å². The summed E-state index contributed by atoms with van der Waals surface area (Å²) in [4.78, 5) is 11.9. The standard InChI is InChI=1S/C10H18N4O3S/c1-2-6-18(16,17)7-5-14-10(15)13-4-3-11-8-9(13)12-14/h11H,2-8H2,1H3. The number of fused-ring (bicyclic) bond motifs is 1. The van der Waals surface area contributed by atoms with Gasteiger partial charge in [-0.05, 0) is 6.42 Å². The minimum absolute atomic E-state index is 0.0232. The Kier molecular flexibility index (Phi) is 3.86. The van der Waals surface area contributed by atoms with Crippen molar-refractivity contribution in [3.8, 4) is 0 Å². The molecule has 7 nitrogen and oxygen atoms in total. The Morgan fingerprint density at radius 2 is 2.17 bits per heavy atom. The van der Waals surface area contributed by atoms with E-state index in [2.05, 4.69) is 10.4 Å². The van der Waals surface area contributed by atoms with Crippen LogP contribution in [0.15, 0.2) is 4.79 Å².